The summed E-state index contributed by atoms with van der Waals surface area (Å²) in [7, 11) is 0. The first-order valence-electron chi connectivity index (χ1n) is 7.54. The molecule has 1 aliphatic heterocycles. The Hall–Kier alpha value is -1.96. The van der Waals surface area contributed by atoms with Crippen molar-refractivity contribution in [2.75, 3.05) is 5.32 Å². The van der Waals surface area contributed by atoms with E-state index < -0.39 is 27.3 Å². The molecule has 2 atom stereocenters. The number of fused-ring (bicyclic) bond motifs is 2. The van der Waals surface area contributed by atoms with Gasteiger partial charge in [0.1, 0.15) is 0 Å². The summed E-state index contributed by atoms with van der Waals surface area (Å²) < 4.78 is 6.03. The summed E-state index contributed by atoms with van der Waals surface area (Å²) >= 11 is 3.27. The maximum atomic E-state index is 13.0. The van der Waals surface area contributed by atoms with Gasteiger partial charge in [-0.25, -0.2) is 0 Å². The third kappa shape index (κ3) is 1.95. The van der Waals surface area contributed by atoms with E-state index in [4.69, 9.17) is 4.74 Å². The van der Waals surface area contributed by atoms with Gasteiger partial charge in [0.2, 0.25) is 0 Å². The van der Waals surface area contributed by atoms with Crippen LogP contribution >= 0.6 is 15.9 Å². The van der Waals surface area contributed by atoms with Crippen LogP contribution in [0.5, 0.6) is 0 Å². The monoisotopic (exact) mass is 396 g/mol. The predicted molar refractivity (Wildman–Crippen MR) is 89.4 cm³/mol. The molecule has 0 unspecified atom stereocenters. The second-order valence-corrected chi connectivity index (χ2v) is 7.90. The predicted octanol–water partition coefficient (Wildman–Crippen LogP) is 3.42. The van der Waals surface area contributed by atoms with Crippen LogP contribution in [0, 0.1) is 20.9 Å². The Labute approximate surface area is 147 Å². The van der Waals surface area contributed by atoms with Crippen LogP contribution in [0.1, 0.15) is 33.6 Å². The lowest BCUT2D eigenvalue weighted by Crippen LogP contribution is -2.50. The van der Waals surface area contributed by atoms with Crippen LogP contribution in [0.25, 0.3) is 0 Å². The molecule has 1 heterocycles. The summed E-state index contributed by atoms with van der Waals surface area (Å²) in [4.78, 5) is 35.6. The molecule has 1 aliphatic carbocycles. The Morgan fingerprint density at radius 3 is 2.50 bits per heavy atom. The lowest BCUT2D eigenvalue weighted by Gasteiger charge is -2.35. The number of benzene rings is 1. The van der Waals surface area contributed by atoms with E-state index in [1.807, 2.05) is 20.8 Å². The number of non-ortho nitro benzene ring substituents is 1. The fourth-order valence-corrected chi connectivity index (χ4v) is 4.04. The summed E-state index contributed by atoms with van der Waals surface area (Å²) in [5.74, 6) is -0.824. The number of hydrogen-bond acceptors (Lipinski definition) is 5. The Kier molecular flexibility index (Phi) is 3.53. The average molecular weight is 397 g/mol. The number of nitro groups is 1. The zero-order valence-electron chi connectivity index (χ0n) is 13.5. The fraction of sp³-hybridized carbons (Fsp3) is 0.500. The molecule has 1 N–H and O–H groups in total. The van der Waals surface area contributed by atoms with Crippen LogP contribution in [0.15, 0.2) is 22.7 Å². The summed E-state index contributed by atoms with van der Waals surface area (Å²) in [5, 5.41) is 13.6. The van der Waals surface area contributed by atoms with Crippen LogP contribution in [-0.2, 0) is 14.3 Å². The van der Waals surface area contributed by atoms with Gasteiger partial charge in [-0.05, 0) is 41.8 Å². The number of carbonyl (C=O) groups excluding carboxylic acids is 2. The van der Waals surface area contributed by atoms with Gasteiger partial charge in [0.25, 0.3) is 11.6 Å². The second-order valence-electron chi connectivity index (χ2n) is 7.05. The quantitative estimate of drug-likeness (QED) is 0.479. The first-order valence-corrected chi connectivity index (χ1v) is 8.33. The highest BCUT2D eigenvalue weighted by Gasteiger charge is 2.75. The van der Waals surface area contributed by atoms with Gasteiger partial charge < -0.3 is 10.1 Å². The van der Waals surface area contributed by atoms with Gasteiger partial charge in [0.15, 0.2) is 5.60 Å². The lowest BCUT2D eigenvalue weighted by molar-refractivity contribution is -0.384. The van der Waals surface area contributed by atoms with Crippen LogP contribution in [-0.4, -0.2) is 22.4 Å². The molecule has 24 heavy (non-hydrogen) atoms. The number of halogens is 1. The van der Waals surface area contributed by atoms with Gasteiger partial charge in [-0.15, -0.1) is 0 Å². The van der Waals surface area contributed by atoms with E-state index in [0.29, 0.717) is 17.3 Å². The van der Waals surface area contributed by atoms with E-state index in [2.05, 4.69) is 21.2 Å². The molecule has 1 aromatic carbocycles. The summed E-state index contributed by atoms with van der Waals surface area (Å²) in [6, 6.07) is 4.11. The number of nitro benzene ring substituents is 1. The van der Waals surface area contributed by atoms with E-state index in [1.54, 1.807) is 0 Å². The minimum absolute atomic E-state index is 0.134. The molecule has 2 aliphatic rings. The number of amides is 1. The van der Waals surface area contributed by atoms with Crippen molar-refractivity contribution in [1.82, 2.24) is 0 Å². The van der Waals surface area contributed by atoms with Gasteiger partial charge in [-0.2, -0.15) is 0 Å². The largest absolute Gasteiger partial charge is 0.448 e. The maximum absolute atomic E-state index is 13.0. The van der Waals surface area contributed by atoms with E-state index >= 15 is 0 Å². The van der Waals surface area contributed by atoms with Gasteiger partial charge in [-0.3, -0.25) is 19.7 Å². The molecular formula is C16H17BrN2O5. The van der Waals surface area contributed by atoms with Crippen LogP contribution < -0.4 is 5.32 Å². The number of nitrogens with zero attached hydrogens (tertiary/aromatic N) is 1. The SMILES string of the molecule is CC1(C)[C@@]2(C)CC[C@@]1(C(=O)Nc1cc([N+](=O)[O-])ccc1Br)OC2=O. The first kappa shape index (κ1) is 16.9. The summed E-state index contributed by atoms with van der Waals surface area (Å²) in [6.45, 7) is 5.53. The molecule has 2 bridgehead atoms. The standard InChI is InChI=1S/C16H17BrN2O5/c1-14(2)15(3)6-7-16(14,24-13(15)21)12(20)18-11-8-9(19(22)23)4-5-10(11)17/h4-5,8H,6-7H2,1-3H3,(H,18,20)/t15-,16-/m0/s1. The molecule has 0 radical (unpaired) electrons. The van der Waals surface area contributed by atoms with Gasteiger partial charge in [0, 0.05) is 22.0 Å². The zero-order valence-corrected chi connectivity index (χ0v) is 15.1. The molecule has 0 aromatic heterocycles. The summed E-state index contributed by atoms with van der Waals surface area (Å²) in [5.41, 5.74) is -2.50. The minimum Gasteiger partial charge on any atom is -0.448 e. The van der Waals surface area contributed by atoms with Crippen molar-refractivity contribution >= 4 is 39.2 Å². The van der Waals surface area contributed by atoms with Crippen molar-refractivity contribution in [2.24, 2.45) is 10.8 Å². The molecular weight excluding hydrogens is 380 g/mol. The average Bonchev–Trinajstić information content (AvgIpc) is 2.79. The van der Waals surface area contributed by atoms with E-state index in [1.165, 1.54) is 18.2 Å². The van der Waals surface area contributed by atoms with Gasteiger partial charge in [-0.1, -0.05) is 13.8 Å². The minimum atomic E-state index is -1.26. The number of nitrogens with one attached hydrogen (secondary N) is 1. The topological polar surface area (TPSA) is 98.5 Å². The van der Waals surface area contributed by atoms with Crippen molar-refractivity contribution in [3.63, 3.8) is 0 Å². The second kappa shape index (κ2) is 5.02. The fourth-order valence-electron chi connectivity index (χ4n) is 3.69. The molecule has 1 saturated carbocycles. The van der Waals surface area contributed by atoms with Crippen molar-refractivity contribution in [3.05, 3.63) is 32.8 Å². The van der Waals surface area contributed by atoms with E-state index in [0.717, 1.165) is 0 Å². The number of carbonyl (C=O) groups is 2. The number of anilines is 1. The Bertz CT molecular complexity index is 778. The van der Waals surface area contributed by atoms with E-state index in [-0.39, 0.29) is 17.3 Å². The maximum Gasteiger partial charge on any atom is 0.313 e. The van der Waals surface area contributed by atoms with Crippen LogP contribution in [0.2, 0.25) is 0 Å². The third-order valence-corrected chi connectivity index (χ3v) is 6.55. The highest BCUT2D eigenvalue weighted by Crippen LogP contribution is 2.65. The molecule has 1 amide bonds. The van der Waals surface area contributed by atoms with Crippen molar-refractivity contribution in [3.8, 4) is 0 Å². The molecule has 1 aromatic rings. The molecule has 2 fully saturated rings. The van der Waals surface area contributed by atoms with Crippen molar-refractivity contribution < 1.29 is 19.2 Å². The van der Waals surface area contributed by atoms with Crippen LogP contribution in [0.3, 0.4) is 0 Å². The Morgan fingerprint density at radius 2 is 2.00 bits per heavy atom. The van der Waals surface area contributed by atoms with Crippen molar-refractivity contribution in [2.45, 2.75) is 39.2 Å². The van der Waals surface area contributed by atoms with E-state index in [9.17, 15) is 19.7 Å². The number of hydrogen-bond donors (Lipinski definition) is 1. The summed E-state index contributed by atoms with van der Waals surface area (Å²) in [6.07, 6.45) is 1.00. The molecule has 8 heteroatoms. The highest BCUT2D eigenvalue weighted by molar-refractivity contribution is 9.10. The van der Waals surface area contributed by atoms with Crippen molar-refractivity contribution in [1.29, 1.82) is 0 Å². The molecule has 0 spiro atoms. The highest BCUT2D eigenvalue weighted by atomic mass is 79.9. The van der Waals surface area contributed by atoms with Gasteiger partial charge in [0.05, 0.1) is 16.0 Å². The molecule has 7 nitrogen and oxygen atoms in total. The molecule has 3 rings (SSSR count). The zero-order chi connectivity index (χ0) is 17.9. The van der Waals surface area contributed by atoms with Gasteiger partial charge >= 0.3 is 5.97 Å². The normalized spacial score (nSPS) is 30.1. The number of rotatable bonds is 3. The molecule has 128 valence electrons. The number of esters is 1. The number of ether oxygens (including phenoxy) is 1. The lowest BCUT2D eigenvalue weighted by atomic mass is 9.66. The van der Waals surface area contributed by atoms with Crippen LogP contribution in [0.4, 0.5) is 11.4 Å². The smallest absolute Gasteiger partial charge is 0.313 e. The molecule has 1 saturated heterocycles. The Balaban J connectivity index is 1.96. The third-order valence-electron chi connectivity index (χ3n) is 5.86. The first-order chi connectivity index (χ1) is 11.0. The Morgan fingerprint density at radius 1 is 1.33 bits per heavy atom.